The van der Waals surface area contributed by atoms with E-state index >= 15 is 0 Å². The van der Waals surface area contributed by atoms with Gasteiger partial charge >= 0.3 is 0 Å². The molecule has 1 saturated carbocycles. The van der Waals surface area contributed by atoms with E-state index in [1.165, 1.54) is 4.90 Å². The minimum absolute atomic E-state index is 0.0291. The van der Waals surface area contributed by atoms with Crippen molar-refractivity contribution < 1.29 is 9.59 Å². The van der Waals surface area contributed by atoms with E-state index in [1.807, 2.05) is 0 Å². The van der Waals surface area contributed by atoms with Crippen LogP contribution in [-0.4, -0.2) is 29.1 Å². The maximum Gasteiger partial charge on any atom is 0.235 e. The Morgan fingerprint density at radius 2 is 1.88 bits per heavy atom. The molecule has 0 aromatic heterocycles. The molecule has 1 aliphatic carbocycles. The lowest BCUT2D eigenvalue weighted by atomic mass is 9.84. The van der Waals surface area contributed by atoms with E-state index in [9.17, 15) is 9.59 Å². The summed E-state index contributed by atoms with van der Waals surface area (Å²) in [7, 11) is 0. The molecule has 1 saturated heterocycles. The van der Waals surface area contributed by atoms with Crippen LogP contribution in [0.3, 0.4) is 0 Å². The number of halogens is 1. The second-order valence-corrected chi connectivity index (χ2v) is 5.29. The second kappa shape index (κ2) is 4.74. The summed E-state index contributed by atoms with van der Waals surface area (Å²) in [5, 5.41) is 0. The Morgan fingerprint density at radius 3 is 2.50 bits per heavy atom. The predicted octanol–water partition coefficient (Wildman–Crippen LogP) is 2.32. The lowest BCUT2D eigenvalue weighted by Crippen LogP contribution is -2.35. The molecule has 2 fully saturated rings. The van der Waals surface area contributed by atoms with Crippen LogP contribution in [0.25, 0.3) is 0 Å². The summed E-state index contributed by atoms with van der Waals surface area (Å²) in [6.45, 7) is 0.562. The number of carbonyl (C=O) groups excluding carboxylic acids is 2. The third kappa shape index (κ3) is 1.97. The quantitative estimate of drug-likeness (QED) is 0.432. The van der Waals surface area contributed by atoms with E-state index in [0.717, 1.165) is 38.5 Å². The van der Waals surface area contributed by atoms with Gasteiger partial charge in [0.15, 0.2) is 0 Å². The van der Waals surface area contributed by atoms with Gasteiger partial charge < -0.3 is 0 Å². The first-order chi connectivity index (χ1) is 7.69. The molecule has 0 radical (unpaired) electrons. The Labute approximate surface area is 101 Å². The summed E-state index contributed by atoms with van der Waals surface area (Å²) < 4.78 is 0. The van der Waals surface area contributed by atoms with Crippen LogP contribution >= 0.6 is 11.6 Å². The van der Waals surface area contributed by atoms with Gasteiger partial charge in [0.1, 0.15) is 0 Å². The first kappa shape index (κ1) is 11.9. The molecule has 0 N–H and O–H groups in total. The highest BCUT2D eigenvalue weighted by Gasteiger charge is 2.52. The zero-order valence-corrected chi connectivity index (χ0v) is 10.3. The molecule has 1 heterocycles. The Balaban J connectivity index is 1.99. The first-order valence-corrected chi connectivity index (χ1v) is 6.64. The number of imide groups is 1. The van der Waals surface area contributed by atoms with Crippen molar-refractivity contribution in [2.75, 3.05) is 12.4 Å². The maximum absolute atomic E-state index is 12.2. The molecule has 0 aromatic carbocycles. The molecule has 4 heteroatoms. The largest absolute Gasteiger partial charge is 0.282 e. The molecule has 0 aromatic rings. The molecule has 0 bridgehead atoms. The van der Waals surface area contributed by atoms with Gasteiger partial charge in [-0.2, -0.15) is 0 Å². The van der Waals surface area contributed by atoms with Gasteiger partial charge in [0, 0.05) is 18.8 Å². The van der Waals surface area contributed by atoms with Crippen molar-refractivity contribution in [3.8, 4) is 0 Å². The SMILES string of the molecule is O=C1CC2(CCCC2)C(=O)N1CCCCCl. The van der Waals surface area contributed by atoms with Crippen LogP contribution in [0.5, 0.6) is 0 Å². The number of amides is 2. The van der Waals surface area contributed by atoms with E-state index in [4.69, 9.17) is 11.6 Å². The molecular formula is C12H18ClNO2. The van der Waals surface area contributed by atoms with Crippen molar-refractivity contribution in [1.82, 2.24) is 4.90 Å². The van der Waals surface area contributed by atoms with Crippen molar-refractivity contribution in [2.45, 2.75) is 44.9 Å². The van der Waals surface area contributed by atoms with E-state index in [-0.39, 0.29) is 17.2 Å². The van der Waals surface area contributed by atoms with Crippen LogP contribution in [-0.2, 0) is 9.59 Å². The molecule has 1 spiro atoms. The average molecular weight is 244 g/mol. The molecule has 0 unspecified atom stereocenters. The summed E-state index contributed by atoms with van der Waals surface area (Å²) in [6.07, 6.45) is 6.14. The third-order valence-corrected chi connectivity index (χ3v) is 4.08. The number of unbranched alkanes of at least 4 members (excludes halogenated alkanes) is 1. The molecule has 1 aliphatic heterocycles. The third-order valence-electron chi connectivity index (χ3n) is 3.82. The smallest absolute Gasteiger partial charge is 0.235 e. The summed E-state index contributed by atoms with van der Waals surface area (Å²) in [5.74, 6) is 0.715. The average Bonchev–Trinajstić information content (AvgIpc) is 2.80. The van der Waals surface area contributed by atoms with Crippen LogP contribution in [0, 0.1) is 5.41 Å². The minimum Gasteiger partial charge on any atom is -0.282 e. The molecule has 2 rings (SSSR count). The second-order valence-electron chi connectivity index (χ2n) is 4.91. The molecule has 2 aliphatic rings. The summed E-state index contributed by atoms with van der Waals surface area (Å²) in [5.41, 5.74) is -0.307. The van der Waals surface area contributed by atoms with Gasteiger partial charge in [0.25, 0.3) is 0 Å². The molecule has 0 atom stereocenters. The Kier molecular flexibility index (Phi) is 3.53. The number of hydrogen-bond acceptors (Lipinski definition) is 2. The normalized spacial score (nSPS) is 23.7. The van der Waals surface area contributed by atoms with E-state index in [1.54, 1.807) is 0 Å². The number of likely N-dealkylation sites (tertiary alicyclic amines) is 1. The molecule has 2 amide bonds. The van der Waals surface area contributed by atoms with Gasteiger partial charge in [0.05, 0.1) is 5.41 Å². The van der Waals surface area contributed by atoms with Crippen LogP contribution in [0.1, 0.15) is 44.9 Å². The van der Waals surface area contributed by atoms with E-state index in [2.05, 4.69) is 0 Å². The Hall–Kier alpha value is -0.570. The topological polar surface area (TPSA) is 37.4 Å². The fourth-order valence-corrected chi connectivity index (χ4v) is 3.08. The number of nitrogens with zero attached hydrogens (tertiary/aromatic N) is 1. The van der Waals surface area contributed by atoms with Gasteiger partial charge in [-0.3, -0.25) is 14.5 Å². The van der Waals surface area contributed by atoms with Gasteiger partial charge in [-0.25, -0.2) is 0 Å². The number of hydrogen-bond donors (Lipinski definition) is 0. The van der Waals surface area contributed by atoms with E-state index in [0.29, 0.717) is 18.8 Å². The standard InChI is InChI=1S/C12H18ClNO2/c13-7-3-4-8-14-10(15)9-12(11(14)16)5-1-2-6-12/h1-9H2. The van der Waals surface area contributed by atoms with E-state index < -0.39 is 0 Å². The van der Waals surface area contributed by atoms with Gasteiger partial charge in [-0.15, -0.1) is 11.6 Å². The van der Waals surface area contributed by atoms with Crippen LogP contribution < -0.4 is 0 Å². The van der Waals surface area contributed by atoms with Crippen LogP contribution in [0.4, 0.5) is 0 Å². The summed E-state index contributed by atoms with van der Waals surface area (Å²) in [4.78, 5) is 25.5. The monoisotopic (exact) mass is 243 g/mol. The lowest BCUT2D eigenvalue weighted by molar-refractivity contribution is -0.141. The summed E-state index contributed by atoms with van der Waals surface area (Å²) >= 11 is 5.59. The van der Waals surface area contributed by atoms with Gasteiger partial charge in [-0.1, -0.05) is 12.8 Å². The number of rotatable bonds is 4. The zero-order valence-electron chi connectivity index (χ0n) is 9.51. The molecular weight excluding hydrogens is 226 g/mol. The van der Waals surface area contributed by atoms with Gasteiger partial charge in [-0.05, 0) is 25.7 Å². The predicted molar refractivity (Wildman–Crippen MR) is 62.2 cm³/mol. The van der Waals surface area contributed by atoms with Gasteiger partial charge in [0.2, 0.25) is 11.8 Å². The van der Waals surface area contributed by atoms with Crippen molar-refractivity contribution >= 4 is 23.4 Å². The van der Waals surface area contributed by atoms with Crippen LogP contribution in [0.2, 0.25) is 0 Å². The maximum atomic E-state index is 12.2. The van der Waals surface area contributed by atoms with Crippen molar-refractivity contribution in [3.05, 3.63) is 0 Å². The number of carbonyl (C=O) groups is 2. The van der Waals surface area contributed by atoms with Crippen LogP contribution in [0.15, 0.2) is 0 Å². The first-order valence-electron chi connectivity index (χ1n) is 6.10. The summed E-state index contributed by atoms with van der Waals surface area (Å²) in [6, 6.07) is 0. The highest BCUT2D eigenvalue weighted by Crippen LogP contribution is 2.46. The van der Waals surface area contributed by atoms with Crippen molar-refractivity contribution in [1.29, 1.82) is 0 Å². The highest BCUT2D eigenvalue weighted by molar-refractivity contribution is 6.17. The van der Waals surface area contributed by atoms with Crippen molar-refractivity contribution in [2.24, 2.45) is 5.41 Å². The Morgan fingerprint density at radius 1 is 1.19 bits per heavy atom. The Bertz CT molecular complexity index is 297. The zero-order chi connectivity index (χ0) is 11.6. The molecule has 90 valence electrons. The molecule has 3 nitrogen and oxygen atoms in total. The minimum atomic E-state index is -0.307. The fraction of sp³-hybridized carbons (Fsp3) is 0.833. The number of alkyl halides is 1. The molecule has 16 heavy (non-hydrogen) atoms. The fourth-order valence-electron chi connectivity index (χ4n) is 2.89. The lowest BCUT2D eigenvalue weighted by Gasteiger charge is -2.20. The highest BCUT2D eigenvalue weighted by atomic mass is 35.5. The van der Waals surface area contributed by atoms with Crippen molar-refractivity contribution in [3.63, 3.8) is 0 Å².